The SMILES string of the molecule is C[C@@H](N)c1c(F)cccc1N1CCOCC1(C)C. The molecule has 3 nitrogen and oxygen atoms in total. The van der Waals surface area contributed by atoms with Crippen molar-refractivity contribution < 1.29 is 9.13 Å². The van der Waals surface area contributed by atoms with Crippen LogP contribution in [0.2, 0.25) is 0 Å². The molecule has 18 heavy (non-hydrogen) atoms. The van der Waals surface area contributed by atoms with Gasteiger partial charge in [0.2, 0.25) is 0 Å². The van der Waals surface area contributed by atoms with Gasteiger partial charge in [0, 0.05) is 23.8 Å². The van der Waals surface area contributed by atoms with Crippen LogP contribution in [-0.4, -0.2) is 25.3 Å². The first kappa shape index (κ1) is 13.3. The Morgan fingerprint density at radius 3 is 2.78 bits per heavy atom. The predicted octanol–water partition coefficient (Wildman–Crippen LogP) is 2.46. The molecular formula is C14H21FN2O. The summed E-state index contributed by atoms with van der Waals surface area (Å²) in [6.07, 6.45) is 0. The molecule has 2 rings (SSSR count). The number of rotatable bonds is 2. The maximum Gasteiger partial charge on any atom is 0.130 e. The van der Waals surface area contributed by atoms with Gasteiger partial charge in [0.1, 0.15) is 5.82 Å². The van der Waals surface area contributed by atoms with Crippen LogP contribution in [0.5, 0.6) is 0 Å². The van der Waals surface area contributed by atoms with E-state index in [1.807, 2.05) is 13.0 Å². The summed E-state index contributed by atoms with van der Waals surface area (Å²) in [7, 11) is 0. The van der Waals surface area contributed by atoms with Gasteiger partial charge in [-0.25, -0.2) is 4.39 Å². The Labute approximate surface area is 108 Å². The first-order chi connectivity index (χ1) is 8.43. The first-order valence-corrected chi connectivity index (χ1v) is 6.33. The van der Waals surface area contributed by atoms with Gasteiger partial charge in [-0.15, -0.1) is 0 Å². The number of nitrogens with zero attached hydrogens (tertiary/aromatic N) is 1. The van der Waals surface area contributed by atoms with Gasteiger partial charge < -0.3 is 15.4 Å². The average Bonchev–Trinajstić information content (AvgIpc) is 2.27. The van der Waals surface area contributed by atoms with Crippen molar-refractivity contribution in [2.45, 2.75) is 32.4 Å². The first-order valence-electron chi connectivity index (χ1n) is 6.33. The highest BCUT2D eigenvalue weighted by Crippen LogP contribution is 2.33. The third-order valence-corrected chi connectivity index (χ3v) is 3.42. The van der Waals surface area contributed by atoms with Gasteiger partial charge in [-0.05, 0) is 32.9 Å². The molecule has 0 spiro atoms. The second-order valence-electron chi connectivity index (χ2n) is 5.48. The van der Waals surface area contributed by atoms with E-state index < -0.39 is 0 Å². The molecule has 4 heteroatoms. The summed E-state index contributed by atoms with van der Waals surface area (Å²) >= 11 is 0. The minimum atomic E-state index is -0.320. The van der Waals surface area contributed by atoms with Gasteiger partial charge in [-0.1, -0.05) is 6.07 Å². The van der Waals surface area contributed by atoms with Crippen molar-refractivity contribution in [2.75, 3.05) is 24.7 Å². The lowest BCUT2D eigenvalue weighted by Gasteiger charge is -2.45. The molecular weight excluding hydrogens is 231 g/mol. The summed E-state index contributed by atoms with van der Waals surface area (Å²) in [5.74, 6) is -0.232. The Morgan fingerprint density at radius 1 is 1.44 bits per heavy atom. The maximum atomic E-state index is 14.0. The lowest BCUT2D eigenvalue weighted by molar-refractivity contribution is 0.0642. The zero-order valence-corrected chi connectivity index (χ0v) is 11.2. The predicted molar refractivity (Wildman–Crippen MR) is 71.2 cm³/mol. The van der Waals surface area contributed by atoms with Gasteiger partial charge in [0.15, 0.2) is 0 Å². The lowest BCUT2D eigenvalue weighted by atomic mass is 9.97. The number of ether oxygens (including phenoxy) is 1. The minimum absolute atomic E-state index is 0.143. The van der Waals surface area contributed by atoms with Gasteiger partial charge in [0.25, 0.3) is 0 Å². The molecule has 1 saturated heterocycles. The molecule has 1 aliphatic heterocycles. The van der Waals surface area contributed by atoms with E-state index in [1.54, 1.807) is 6.07 Å². The molecule has 1 aromatic rings. The smallest absolute Gasteiger partial charge is 0.130 e. The molecule has 0 unspecified atom stereocenters. The molecule has 0 aliphatic carbocycles. The molecule has 1 aromatic carbocycles. The second kappa shape index (κ2) is 4.86. The van der Waals surface area contributed by atoms with E-state index in [0.29, 0.717) is 18.8 Å². The molecule has 0 saturated carbocycles. The number of morpholine rings is 1. The molecule has 1 heterocycles. The third kappa shape index (κ3) is 2.35. The van der Waals surface area contributed by atoms with Crippen molar-refractivity contribution in [1.29, 1.82) is 0 Å². The Morgan fingerprint density at radius 2 is 2.17 bits per heavy atom. The quantitative estimate of drug-likeness (QED) is 0.878. The molecule has 0 bridgehead atoms. The van der Waals surface area contributed by atoms with Crippen LogP contribution >= 0.6 is 0 Å². The number of hydrogen-bond acceptors (Lipinski definition) is 3. The molecule has 1 aliphatic rings. The normalized spacial score (nSPS) is 20.8. The van der Waals surface area contributed by atoms with E-state index in [4.69, 9.17) is 10.5 Å². The zero-order valence-electron chi connectivity index (χ0n) is 11.2. The third-order valence-electron chi connectivity index (χ3n) is 3.42. The minimum Gasteiger partial charge on any atom is -0.377 e. The van der Waals surface area contributed by atoms with Gasteiger partial charge >= 0.3 is 0 Å². The monoisotopic (exact) mass is 252 g/mol. The molecule has 1 atom stereocenters. The van der Waals surface area contributed by atoms with Crippen molar-refractivity contribution in [3.63, 3.8) is 0 Å². The van der Waals surface area contributed by atoms with Crippen LogP contribution < -0.4 is 10.6 Å². The van der Waals surface area contributed by atoms with Crippen LogP contribution in [0, 0.1) is 5.82 Å². The Balaban J connectivity index is 2.47. The molecule has 0 amide bonds. The van der Waals surface area contributed by atoms with Crippen LogP contribution in [0.15, 0.2) is 18.2 Å². The number of nitrogens with two attached hydrogens (primary N) is 1. The molecule has 0 aromatic heterocycles. The van der Waals surface area contributed by atoms with Crippen LogP contribution in [0.25, 0.3) is 0 Å². The topological polar surface area (TPSA) is 38.5 Å². The van der Waals surface area contributed by atoms with E-state index in [2.05, 4.69) is 18.7 Å². The summed E-state index contributed by atoms with van der Waals surface area (Å²) in [6.45, 7) is 8.08. The maximum absolute atomic E-state index is 14.0. The van der Waals surface area contributed by atoms with Gasteiger partial charge in [-0.3, -0.25) is 0 Å². The van der Waals surface area contributed by atoms with Crippen molar-refractivity contribution in [3.05, 3.63) is 29.6 Å². The largest absolute Gasteiger partial charge is 0.377 e. The molecule has 0 radical (unpaired) electrons. The van der Waals surface area contributed by atoms with Crippen LogP contribution in [-0.2, 0) is 4.74 Å². The highest BCUT2D eigenvalue weighted by atomic mass is 19.1. The van der Waals surface area contributed by atoms with Crippen LogP contribution in [0.4, 0.5) is 10.1 Å². The number of hydrogen-bond donors (Lipinski definition) is 1. The highest BCUT2D eigenvalue weighted by molar-refractivity contribution is 5.57. The van der Waals surface area contributed by atoms with Crippen molar-refractivity contribution in [3.8, 4) is 0 Å². The van der Waals surface area contributed by atoms with E-state index >= 15 is 0 Å². The molecule has 2 N–H and O–H groups in total. The van der Waals surface area contributed by atoms with Gasteiger partial charge in [-0.2, -0.15) is 0 Å². The fourth-order valence-electron chi connectivity index (χ4n) is 2.52. The Hall–Kier alpha value is -1.13. The number of halogens is 1. The van der Waals surface area contributed by atoms with Crippen molar-refractivity contribution in [2.24, 2.45) is 5.73 Å². The summed E-state index contributed by atoms with van der Waals surface area (Å²) < 4.78 is 19.5. The van der Waals surface area contributed by atoms with Crippen LogP contribution in [0.3, 0.4) is 0 Å². The fourth-order valence-corrected chi connectivity index (χ4v) is 2.52. The molecule has 100 valence electrons. The lowest BCUT2D eigenvalue weighted by Crippen LogP contribution is -2.53. The van der Waals surface area contributed by atoms with Crippen molar-refractivity contribution in [1.82, 2.24) is 0 Å². The van der Waals surface area contributed by atoms with Gasteiger partial charge in [0.05, 0.1) is 18.8 Å². The van der Waals surface area contributed by atoms with E-state index in [1.165, 1.54) is 6.07 Å². The fraction of sp³-hybridized carbons (Fsp3) is 0.571. The summed E-state index contributed by atoms with van der Waals surface area (Å²) in [5.41, 5.74) is 7.25. The Bertz CT molecular complexity index is 432. The molecule has 1 fully saturated rings. The summed E-state index contributed by atoms with van der Waals surface area (Å²) in [6, 6.07) is 4.83. The van der Waals surface area contributed by atoms with E-state index in [0.717, 1.165) is 12.2 Å². The zero-order chi connectivity index (χ0) is 13.3. The Kier molecular flexibility index (Phi) is 3.59. The number of anilines is 1. The van der Waals surface area contributed by atoms with Crippen molar-refractivity contribution >= 4 is 5.69 Å². The standard InChI is InChI=1S/C14H21FN2O/c1-10(16)13-11(15)5-4-6-12(13)17-7-8-18-9-14(17,2)3/h4-6,10H,7-9,16H2,1-3H3/t10-/m1/s1. The average molecular weight is 252 g/mol. The highest BCUT2D eigenvalue weighted by Gasteiger charge is 2.32. The summed E-state index contributed by atoms with van der Waals surface area (Å²) in [5, 5.41) is 0. The van der Waals surface area contributed by atoms with E-state index in [9.17, 15) is 4.39 Å². The number of benzene rings is 1. The van der Waals surface area contributed by atoms with E-state index in [-0.39, 0.29) is 17.4 Å². The van der Waals surface area contributed by atoms with Crippen LogP contribution in [0.1, 0.15) is 32.4 Å². The second-order valence-corrected chi connectivity index (χ2v) is 5.48. The summed E-state index contributed by atoms with van der Waals surface area (Å²) in [4.78, 5) is 2.19.